The van der Waals surface area contributed by atoms with Crippen LogP contribution in [0.2, 0.25) is 0 Å². The highest BCUT2D eigenvalue weighted by Crippen LogP contribution is 2.10. The third-order valence-corrected chi connectivity index (χ3v) is 1.79. The minimum atomic E-state index is -0.276. The molecule has 5 nitrogen and oxygen atoms in total. The topological polar surface area (TPSA) is 73.1 Å². The van der Waals surface area contributed by atoms with Crippen LogP contribution in [0.1, 0.15) is 27.2 Å². The highest BCUT2D eigenvalue weighted by molar-refractivity contribution is 5.33. The van der Waals surface area contributed by atoms with Crippen molar-refractivity contribution in [3.05, 3.63) is 12.4 Å². The average Bonchev–Trinajstić information content (AvgIpc) is 2.23. The molecule has 0 aliphatic rings. The second-order valence-electron chi connectivity index (χ2n) is 4.43. The summed E-state index contributed by atoms with van der Waals surface area (Å²) in [6, 6.07) is 0. The Kier molecular flexibility index (Phi) is 4.49. The van der Waals surface area contributed by atoms with Gasteiger partial charge < -0.3 is 15.8 Å². The van der Waals surface area contributed by atoms with E-state index in [4.69, 9.17) is 10.5 Å². The predicted octanol–water partition coefficient (Wildman–Crippen LogP) is 1.41. The van der Waals surface area contributed by atoms with Crippen LogP contribution in [0.4, 0.5) is 5.82 Å². The minimum Gasteiger partial charge on any atom is -0.477 e. The predicted molar refractivity (Wildman–Crippen MR) is 64.6 cm³/mol. The fraction of sp³-hybridized carbons (Fsp3) is 0.636. The molecule has 0 unspecified atom stereocenters. The van der Waals surface area contributed by atoms with Gasteiger partial charge in [0.05, 0.1) is 19.0 Å². The molecule has 1 aromatic heterocycles. The molecular weight excluding hydrogens is 204 g/mol. The van der Waals surface area contributed by atoms with Crippen LogP contribution < -0.4 is 15.8 Å². The third-order valence-electron chi connectivity index (χ3n) is 1.79. The Balaban J connectivity index is 2.53. The average molecular weight is 224 g/mol. The number of hydrogen-bond acceptors (Lipinski definition) is 5. The molecule has 0 saturated carbocycles. The first-order valence-electron chi connectivity index (χ1n) is 5.49. The zero-order valence-electron chi connectivity index (χ0n) is 10.2. The molecule has 0 aliphatic heterocycles. The lowest BCUT2D eigenvalue weighted by Crippen LogP contribution is -2.39. The van der Waals surface area contributed by atoms with Gasteiger partial charge in [0, 0.05) is 12.1 Å². The molecule has 1 heterocycles. The molecule has 0 atom stereocenters. The molecule has 1 rings (SSSR count). The zero-order valence-corrected chi connectivity index (χ0v) is 10.2. The van der Waals surface area contributed by atoms with E-state index in [1.807, 2.05) is 20.8 Å². The summed E-state index contributed by atoms with van der Waals surface area (Å²) in [5.74, 6) is 1.23. The summed E-state index contributed by atoms with van der Waals surface area (Å²) in [5, 5.41) is 3.12. The van der Waals surface area contributed by atoms with Gasteiger partial charge in [-0.2, -0.15) is 4.98 Å². The Morgan fingerprint density at radius 1 is 1.44 bits per heavy atom. The lowest BCUT2D eigenvalue weighted by atomic mass is 10.1. The van der Waals surface area contributed by atoms with Crippen molar-refractivity contribution in [1.82, 2.24) is 9.97 Å². The zero-order chi connectivity index (χ0) is 12.0. The maximum atomic E-state index is 5.86. The lowest BCUT2D eigenvalue weighted by molar-refractivity contribution is 0.304. The number of ether oxygens (including phenoxy) is 1. The first-order chi connectivity index (χ1) is 7.51. The van der Waals surface area contributed by atoms with Crippen molar-refractivity contribution < 1.29 is 4.74 Å². The highest BCUT2D eigenvalue weighted by Gasteiger charge is 2.10. The highest BCUT2D eigenvalue weighted by atomic mass is 16.5. The monoisotopic (exact) mass is 224 g/mol. The summed E-state index contributed by atoms with van der Waals surface area (Å²) < 4.78 is 5.38. The Labute approximate surface area is 96.4 Å². The van der Waals surface area contributed by atoms with Gasteiger partial charge in [0.15, 0.2) is 0 Å². The van der Waals surface area contributed by atoms with E-state index >= 15 is 0 Å². The molecule has 5 heteroatoms. The second-order valence-corrected chi connectivity index (χ2v) is 4.43. The third kappa shape index (κ3) is 4.93. The lowest BCUT2D eigenvalue weighted by Gasteiger charge is -2.19. The van der Waals surface area contributed by atoms with E-state index in [1.54, 1.807) is 12.4 Å². The number of nitrogens with zero attached hydrogens (tertiary/aromatic N) is 2. The summed E-state index contributed by atoms with van der Waals surface area (Å²) in [6.07, 6.45) is 4.22. The molecule has 3 N–H and O–H groups in total. The molecular formula is C11H20N4O. The Morgan fingerprint density at radius 3 is 2.81 bits per heavy atom. The van der Waals surface area contributed by atoms with E-state index in [2.05, 4.69) is 15.3 Å². The van der Waals surface area contributed by atoms with Crippen LogP contribution in [0.15, 0.2) is 12.4 Å². The number of nitrogens with one attached hydrogen (secondary N) is 1. The summed E-state index contributed by atoms with van der Waals surface area (Å²) in [4.78, 5) is 8.31. The molecule has 90 valence electrons. The number of aromatic nitrogens is 2. The molecule has 0 spiro atoms. The molecule has 1 aromatic rings. The van der Waals surface area contributed by atoms with Gasteiger partial charge in [0.25, 0.3) is 0 Å². The van der Waals surface area contributed by atoms with Crippen LogP contribution in [0.25, 0.3) is 0 Å². The van der Waals surface area contributed by atoms with Crippen LogP contribution in [0, 0.1) is 0 Å². The van der Waals surface area contributed by atoms with Gasteiger partial charge in [-0.25, -0.2) is 0 Å². The quantitative estimate of drug-likeness (QED) is 0.764. The molecule has 0 aliphatic carbocycles. The maximum Gasteiger partial charge on any atom is 0.234 e. The fourth-order valence-corrected chi connectivity index (χ4v) is 1.03. The van der Waals surface area contributed by atoms with Crippen molar-refractivity contribution in [3.63, 3.8) is 0 Å². The van der Waals surface area contributed by atoms with Crippen LogP contribution in [-0.4, -0.2) is 28.7 Å². The Bertz CT molecular complexity index is 322. The van der Waals surface area contributed by atoms with Crippen LogP contribution >= 0.6 is 0 Å². The number of hydrogen-bond donors (Lipinski definition) is 2. The van der Waals surface area contributed by atoms with Crippen LogP contribution in [0.3, 0.4) is 0 Å². The standard InChI is InChI=1S/C11H20N4O/c1-4-5-16-10-7-13-6-9(15-10)14-8-11(2,3)12/h6-7H,4-5,8,12H2,1-3H3,(H,14,15). The van der Waals surface area contributed by atoms with Gasteiger partial charge >= 0.3 is 0 Å². The van der Waals surface area contributed by atoms with E-state index in [0.29, 0.717) is 24.8 Å². The number of nitrogens with two attached hydrogens (primary N) is 1. The van der Waals surface area contributed by atoms with Crippen molar-refractivity contribution in [1.29, 1.82) is 0 Å². The van der Waals surface area contributed by atoms with E-state index < -0.39 is 0 Å². The van der Waals surface area contributed by atoms with E-state index in [1.165, 1.54) is 0 Å². The Morgan fingerprint density at radius 2 is 2.19 bits per heavy atom. The van der Waals surface area contributed by atoms with Gasteiger partial charge in [-0.05, 0) is 20.3 Å². The minimum absolute atomic E-state index is 0.276. The van der Waals surface area contributed by atoms with Gasteiger partial charge in [0.1, 0.15) is 5.82 Å². The van der Waals surface area contributed by atoms with Crippen molar-refractivity contribution >= 4 is 5.82 Å². The van der Waals surface area contributed by atoms with Crippen molar-refractivity contribution in [2.75, 3.05) is 18.5 Å². The molecule has 0 amide bonds. The van der Waals surface area contributed by atoms with E-state index in [9.17, 15) is 0 Å². The molecule has 0 radical (unpaired) electrons. The van der Waals surface area contributed by atoms with Crippen molar-refractivity contribution in [3.8, 4) is 5.88 Å². The second kappa shape index (κ2) is 5.65. The molecule has 0 fully saturated rings. The number of anilines is 1. The van der Waals surface area contributed by atoms with Gasteiger partial charge in [-0.15, -0.1) is 0 Å². The van der Waals surface area contributed by atoms with Gasteiger partial charge in [0.2, 0.25) is 5.88 Å². The first kappa shape index (κ1) is 12.7. The van der Waals surface area contributed by atoms with E-state index in [-0.39, 0.29) is 5.54 Å². The van der Waals surface area contributed by atoms with Crippen molar-refractivity contribution in [2.24, 2.45) is 5.73 Å². The molecule has 0 saturated heterocycles. The van der Waals surface area contributed by atoms with Gasteiger partial charge in [-0.1, -0.05) is 6.92 Å². The normalized spacial score (nSPS) is 11.2. The molecule has 16 heavy (non-hydrogen) atoms. The largest absolute Gasteiger partial charge is 0.477 e. The summed E-state index contributed by atoms with van der Waals surface area (Å²) >= 11 is 0. The summed E-state index contributed by atoms with van der Waals surface area (Å²) in [6.45, 7) is 7.24. The smallest absolute Gasteiger partial charge is 0.234 e. The van der Waals surface area contributed by atoms with Crippen LogP contribution in [0.5, 0.6) is 5.88 Å². The maximum absolute atomic E-state index is 5.86. The molecule has 0 aromatic carbocycles. The molecule has 0 bridgehead atoms. The van der Waals surface area contributed by atoms with E-state index in [0.717, 1.165) is 6.42 Å². The van der Waals surface area contributed by atoms with Gasteiger partial charge in [-0.3, -0.25) is 4.98 Å². The van der Waals surface area contributed by atoms with Crippen LogP contribution in [-0.2, 0) is 0 Å². The Hall–Kier alpha value is -1.36. The van der Waals surface area contributed by atoms with Crippen molar-refractivity contribution in [2.45, 2.75) is 32.7 Å². The fourth-order valence-electron chi connectivity index (χ4n) is 1.03. The SMILES string of the molecule is CCCOc1cncc(NCC(C)(C)N)n1. The summed E-state index contributed by atoms with van der Waals surface area (Å²) in [5.41, 5.74) is 5.58. The summed E-state index contributed by atoms with van der Waals surface area (Å²) in [7, 11) is 0. The number of rotatable bonds is 6. The first-order valence-corrected chi connectivity index (χ1v) is 5.49.